The molecule has 0 spiro atoms. The maximum Gasteiger partial charge on any atom is 0.243 e. The molecule has 6 nitrogen and oxygen atoms in total. The summed E-state index contributed by atoms with van der Waals surface area (Å²) in [5.74, 6) is 0.808. The molecule has 1 atom stereocenters. The zero-order valence-electron chi connectivity index (χ0n) is 19.3. The molecule has 0 radical (unpaired) electrons. The van der Waals surface area contributed by atoms with Crippen molar-refractivity contribution in [1.29, 1.82) is 0 Å². The molecule has 1 saturated heterocycles. The van der Waals surface area contributed by atoms with Gasteiger partial charge in [0.05, 0.1) is 4.90 Å². The minimum Gasteiger partial charge on any atom is -0.344 e. The van der Waals surface area contributed by atoms with Gasteiger partial charge in [0, 0.05) is 43.6 Å². The van der Waals surface area contributed by atoms with Crippen molar-refractivity contribution in [2.45, 2.75) is 52.0 Å². The Morgan fingerprint density at radius 2 is 1.66 bits per heavy atom. The topological polar surface area (TPSA) is 66.4 Å². The number of anilines is 1. The Bertz CT molecular complexity index is 1200. The molecule has 1 aromatic heterocycles. The van der Waals surface area contributed by atoms with E-state index >= 15 is 0 Å². The fraction of sp³-hybridized carbons (Fsp3) is 0.417. The summed E-state index contributed by atoms with van der Waals surface area (Å²) in [6.07, 6.45) is 0.701. The van der Waals surface area contributed by atoms with Crippen molar-refractivity contribution in [2.75, 3.05) is 24.5 Å². The van der Waals surface area contributed by atoms with Crippen LogP contribution in [0.3, 0.4) is 0 Å². The number of benzene rings is 2. The Labute approximate surface area is 195 Å². The first-order valence-electron chi connectivity index (χ1n) is 10.9. The van der Waals surface area contributed by atoms with Crippen LogP contribution in [0.2, 0.25) is 0 Å². The molecule has 32 heavy (non-hydrogen) atoms. The van der Waals surface area contributed by atoms with Crippen LogP contribution >= 0.6 is 11.5 Å². The van der Waals surface area contributed by atoms with Gasteiger partial charge >= 0.3 is 0 Å². The molecule has 1 aliphatic rings. The van der Waals surface area contributed by atoms with E-state index in [-0.39, 0.29) is 6.04 Å². The van der Waals surface area contributed by atoms with E-state index in [2.05, 4.69) is 40.5 Å². The Morgan fingerprint density at radius 3 is 2.28 bits per heavy atom. The number of aryl methyl sites for hydroxylation is 4. The normalized spacial score (nSPS) is 17.7. The lowest BCUT2D eigenvalue weighted by Crippen LogP contribution is -2.54. The quantitative estimate of drug-likeness (QED) is 0.557. The number of rotatable bonds is 5. The highest BCUT2D eigenvalue weighted by atomic mass is 32.2. The summed E-state index contributed by atoms with van der Waals surface area (Å²) in [5, 5.41) is 0.860. The molecule has 8 heteroatoms. The summed E-state index contributed by atoms with van der Waals surface area (Å²) >= 11 is 1.39. The molecule has 0 amide bonds. The number of hydrogen-bond donors (Lipinski definition) is 0. The SMILES string of the molecule is Cc1ccc(Cc2nsc(N3CCN(S(=O)(=O)c4c(C)cc(C)cc4C)C(C)C3)n2)cc1. The van der Waals surface area contributed by atoms with E-state index in [9.17, 15) is 8.42 Å². The maximum atomic E-state index is 13.5. The number of nitrogens with zero attached hydrogens (tertiary/aromatic N) is 4. The van der Waals surface area contributed by atoms with Crippen LogP contribution in [0.1, 0.15) is 40.6 Å². The van der Waals surface area contributed by atoms with Gasteiger partial charge in [-0.15, -0.1) is 0 Å². The summed E-state index contributed by atoms with van der Waals surface area (Å²) in [4.78, 5) is 7.33. The zero-order chi connectivity index (χ0) is 23.0. The molecule has 0 aliphatic carbocycles. The summed E-state index contributed by atoms with van der Waals surface area (Å²) in [5.41, 5.74) is 5.12. The van der Waals surface area contributed by atoms with Crippen LogP contribution in [-0.2, 0) is 16.4 Å². The van der Waals surface area contributed by atoms with Crippen LogP contribution in [0.25, 0.3) is 0 Å². The Morgan fingerprint density at radius 1 is 1.00 bits per heavy atom. The van der Waals surface area contributed by atoms with Gasteiger partial charge in [0.25, 0.3) is 0 Å². The number of sulfonamides is 1. The molecular weight excluding hydrogens is 440 g/mol. The van der Waals surface area contributed by atoms with Gasteiger partial charge in [0.15, 0.2) is 0 Å². The van der Waals surface area contributed by atoms with Gasteiger partial charge in [-0.1, -0.05) is 47.5 Å². The maximum absolute atomic E-state index is 13.5. The largest absolute Gasteiger partial charge is 0.344 e. The fourth-order valence-electron chi connectivity index (χ4n) is 4.50. The second kappa shape index (κ2) is 8.92. The number of hydrogen-bond acceptors (Lipinski definition) is 6. The molecule has 1 unspecified atom stereocenters. The van der Waals surface area contributed by atoms with Crippen molar-refractivity contribution in [3.8, 4) is 0 Å². The summed E-state index contributed by atoms with van der Waals surface area (Å²) < 4.78 is 33.2. The van der Waals surface area contributed by atoms with Crippen molar-refractivity contribution in [3.63, 3.8) is 0 Å². The first kappa shape index (κ1) is 22.9. The molecular formula is C24H30N4O2S2. The molecule has 1 aliphatic heterocycles. The van der Waals surface area contributed by atoms with E-state index in [1.54, 1.807) is 4.31 Å². The zero-order valence-corrected chi connectivity index (χ0v) is 20.9. The average Bonchev–Trinajstić information content (AvgIpc) is 3.17. The van der Waals surface area contributed by atoms with Crippen molar-refractivity contribution in [2.24, 2.45) is 0 Å². The summed E-state index contributed by atoms with van der Waals surface area (Å²) in [6, 6.07) is 12.1. The Kier molecular flexibility index (Phi) is 6.38. The van der Waals surface area contributed by atoms with E-state index in [0.717, 1.165) is 27.6 Å². The molecule has 4 rings (SSSR count). The Hall–Kier alpha value is -2.29. The van der Waals surface area contributed by atoms with Gasteiger partial charge in [0.1, 0.15) is 5.82 Å². The molecule has 0 N–H and O–H groups in total. The third-order valence-corrected chi connectivity index (χ3v) is 9.08. The third kappa shape index (κ3) is 4.58. The van der Waals surface area contributed by atoms with Crippen LogP contribution in [-0.4, -0.2) is 47.8 Å². The van der Waals surface area contributed by atoms with E-state index in [4.69, 9.17) is 4.98 Å². The van der Waals surface area contributed by atoms with Gasteiger partial charge in [-0.3, -0.25) is 0 Å². The lowest BCUT2D eigenvalue weighted by molar-refractivity contribution is 0.306. The van der Waals surface area contributed by atoms with Crippen LogP contribution in [0, 0.1) is 27.7 Å². The highest BCUT2D eigenvalue weighted by Gasteiger charge is 2.36. The number of piperazine rings is 1. The molecule has 0 saturated carbocycles. The van der Waals surface area contributed by atoms with Crippen LogP contribution < -0.4 is 4.90 Å². The third-order valence-electron chi connectivity index (χ3n) is 5.95. The number of aromatic nitrogens is 2. The lowest BCUT2D eigenvalue weighted by atomic mass is 10.1. The molecule has 2 heterocycles. The summed E-state index contributed by atoms with van der Waals surface area (Å²) in [7, 11) is -3.56. The standard InChI is InChI=1S/C24H30N4O2S2/c1-16-6-8-21(9-7-16)14-22-25-24(31-26-22)27-10-11-28(20(5)15-27)32(29,30)23-18(3)12-17(2)13-19(23)4/h6-9,12-13,20H,10-11,14-15H2,1-5H3. The minimum atomic E-state index is -3.56. The average molecular weight is 471 g/mol. The van der Waals surface area contributed by atoms with Crippen LogP contribution in [0.5, 0.6) is 0 Å². The van der Waals surface area contributed by atoms with Gasteiger partial charge in [-0.25, -0.2) is 13.4 Å². The van der Waals surface area contributed by atoms with Gasteiger partial charge in [-0.05, 0) is 51.3 Å². The minimum absolute atomic E-state index is 0.154. The predicted molar refractivity (Wildman–Crippen MR) is 130 cm³/mol. The van der Waals surface area contributed by atoms with Crippen molar-refractivity contribution >= 4 is 26.7 Å². The van der Waals surface area contributed by atoms with Gasteiger partial charge in [-0.2, -0.15) is 8.68 Å². The monoisotopic (exact) mass is 470 g/mol. The molecule has 170 valence electrons. The van der Waals surface area contributed by atoms with Crippen LogP contribution in [0.15, 0.2) is 41.3 Å². The van der Waals surface area contributed by atoms with E-state index in [1.807, 2.05) is 39.8 Å². The van der Waals surface area contributed by atoms with Gasteiger partial charge in [0.2, 0.25) is 15.2 Å². The smallest absolute Gasteiger partial charge is 0.243 e. The van der Waals surface area contributed by atoms with E-state index in [0.29, 0.717) is 31.0 Å². The molecule has 2 aromatic carbocycles. The van der Waals surface area contributed by atoms with Crippen molar-refractivity contribution in [3.05, 3.63) is 70.0 Å². The first-order chi connectivity index (χ1) is 15.1. The van der Waals surface area contributed by atoms with Crippen molar-refractivity contribution < 1.29 is 8.42 Å². The van der Waals surface area contributed by atoms with Crippen LogP contribution in [0.4, 0.5) is 5.13 Å². The second-order valence-electron chi connectivity index (χ2n) is 8.79. The first-order valence-corrected chi connectivity index (χ1v) is 13.1. The highest BCUT2D eigenvalue weighted by Crippen LogP contribution is 2.29. The molecule has 1 fully saturated rings. The highest BCUT2D eigenvalue weighted by molar-refractivity contribution is 7.89. The fourth-order valence-corrected chi connectivity index (χ4v) is 7.24. The Balaban J connectivity index is 1.48. The van der Waals surface area contributed by atoms with Crippen molar-refractivity contribution in [1.82, 2.24) is 13.7 Å². The molecule has 0 bridgehead atoms. The lowest BCUT2D eigenvalue weighted by Gasteiger charge is -2.39. The predicted octanol–water partition coefficient (Wildman–Crippen LogP) is 4.26. The van der Waals surface area contributed by atoms with Gasteiger partial charge < -0.3 is 4.90 Å². The summed E-state index contributed by atoms with van der Waals surface area (Å²) in [6.45, 7) is 11.4. The second-order valence-corrected chi connectivity index (χ2v) is 11.4. The molecule has 3 aromatic rings. The van der Waals surface area contributed by atoms with E-state index in [1.165, 1.54) is 22.7 Å². The van der Waals surface area contributed by atoms with E-state index < -0.39 is 10.0 Å².